The highest BCUT2D eigenvalue weighted by molar-refractivity contribution is 5.54. The van der Waals surface area contributed by atoms with Crippen LogP contribution in [-0.4, -0.2) is 32.4 Å². The van der Waals surface area contributed by atoms with Gasteiger partial charge in [0, 0.05) is 24.8 Å². The molecule has 1 aliphatic heterocycles. The van der Waals surface area contributed by atoms with E-state index in [0.717, 1.165) is 30.1 Å². The number of aliphatic hydroxyl groups is 1. The first-order valence-electron chi connectivity index (χ1n) is 5.45. The number of rotatable bonds is 3. The van der Waals surface area contributed by atoms with E-state index in [0.29, 0.717) is 0 Å². The first-order valence-corrected chi connectivity index (χ1v) is 5.45. The topological polar surface area (TPSA) is 58.7 Å². The van der Waals surface area contributed by atoms with Crippen molar-refractivity contribution in [3.63, 3.8) is 0 Å². The van der Waals surface area contributed by atoms with Crippen LogP contribution < -0.4 is 15.4 Å². The SMILES string of the molecule is CN.COc1cc(CO)cc(N2CCC2)c1. The maximum Gasteiger partial charge on any atom is 0.121 e. The molecule has 3 N–H and O–H groups in total. The number of anilines is 1. The summed E-state index contributed by atoms with van der Waals surface area (Å²) in [6.45, 7) is 2.29. The molecule has 2 rings (SSSR count). The molecule has 0 unspecified atom stereocenters. The number of hydrogen-bond donors (Lipinski definition) is 2. The summed E-state index contributed by atoms with van der Waals surface area (Å²) in [6, 6.07) is 5.89. The Bertz CT molecular complexity index is 303. The Labute approximate surface area is 96.6 Å². The minimum atomic E-state index is 0.0675. The van der Waals surface area contributed by atoms with E-state index >= 15 is 0 Å². The monoisotopic (exact) mass is 224 g/mol. The van der Waals surface area contributed by atoms with Gasteiger partial charge in [-0.2, -0.15) is 0 Å². The normalized spacial score (nSPS) is 13.6. The molecule has 0 atom stereocenters. The lowest BCUT2D eigenvalue weighted by Gasteiger charge is -2.33. The summed E-state index contributed by atoms with van der Waals surface area (Å²) in [7, 11) is 3.15. The number of hydrogen-bond acceptors (Lipinski definition) is 4. The summed E-state index contributed by atoms with van der Waals surface area (Å²) in [5.74, 6) is 0.818. The predicted molar refractivity (Wildman–Crippen MR) is 65.9 cm³/mol. The molecule has 1 fully saturated rings. The lowest BCUT2D eigenvalue weighted by molar-refractivity contribution is 0.281. The van der Waals surface area contributed by atoms with E-state index in [1.54, 1.807) is 7.11 Å². The molecule has 0 saturated carbocycles. The van der Waals surface area contributed by atoms with Crippen molar-refractivity contribution in [1.29, 1.82) is 0 Å². The van der Waals surface area contributed by atoms with Gasteiger partial charge < -0.3 is 20.5 Å². The Morgan fingerprint density at radius 2 is 2.00 bits per heavy atom. The van der Waals surface area contributed by atoms with Gasteiger partial charge >= 0.3 is 0 Å². The summed E-state index contributed by atoms with van der Waals surface area (Å²) in [4.78, 5) is 2.28. The molecule has 0 radical (unpaired) electrons. The van der Waals surface area contributed by atoms with Crippen LogP contribution in [0.3, 0.4) is 0 Å². The average molecular weight is 224 g/mol. The number of benzene rings is 1. The van der Waals surface area contributed by atoms with Gasteiger partial charge in [0.05, 0.1) is 13.7 Å². The number of aliphatic hydroxyl groups excluding tert-OH is 1. The number of nitrogens with two attached hydrogens (primary N) is 1. The first kappa shape index (κ1) is 12.8. The molecule has 0 aliphatic carbocycles. The fourth-order valence-corrected chi connectivity index (χ4v) is 1.61. The zero-order valence-electron chi connectivity index (χ0n) is 9.94. The molecule has 1 heterocycles. The molecular formula is C12H20N2O2. The Hall–Kier alpha value is -1.26. The Morgan fingerprint density at radius 3 is 2.44 bits per heavy atom. The van der Waals surface area contributed by atoms with Crippen LogP contribution in [-0.2, 0) is 6.61 Å². The van der Waals surface area contributed by atoms with Crippen LogP contribution in [0.4, 0.5) is 5.69 Å². The van der Waals surface area contributed by atoms with Crippen LogP contribution >= 0.6 is 0 Å². The zero-order valence-corrected chi connectivity index (χ0v) is 9.94. The molecule has 90 valence electrons. The van der Waals surface area contributed by atoms with Crippen molar-refractivity contribution in [3.05, 3.63) is 23.8 Å². The Kier molecular flexibility index (Phi) is 5.08. The second-order valence-electron chi connectivity index (χ2n) is 3.54. The van der Waals surface area contributed by atoms with Crippen molar-refractivity contribution in [2.45, 2.75) is 13.0 Å². The van der Waals surface area contributed by atoms with Gasteiger partial charge in [0.1, 0.15) is 5.75 Å². The van der Waals surface area contributed by atoms with Gasteiger partial charge in [-0.1, -0.05) is 0 Å². The zero-order chi connectivity index (χ0) is 12.0. The van der Waals surface area contributed by atoms with Crippen LogP contribution in [0.25, 0.3) is 0 Å². The average Bonchev–Trinajstić information content (AvgIpc) is 2.29. The highest BCUT2D eigenvalue weighted by Gasteiger charge is 2.15. The lowest BCUT2D eigenvalue weighted by atomic mass is 10.1. The van der Waals surface area contributed by atoms with E-state index in [9.17, 15) is 0 Å². The van der Waals surface area contributed by atoms with E-state index in [1.807, 2.05) is 18.2 Å². The third kappa shape index (κ3) is 2.87. The smallest absolute Gasteiger partial charge is 0.121 e. The molecular weight excluding hydrogens is 204 g/mol. The van der Waals surface area contributed by atoms with Gasteiger partial charge in [0.2, 0.25) is 0 Å². The fraction of sp³-hybridized carbons (Fsp3) is 0.500. The van der Waals surface area contributed by atoms with Gasteiger partial charge in [0.25, 0.3) is 0 Å². The predicted octanol–water partition coefficient (Wildman–Crippen LogP) is 0.972. The molecule has 1 aromatic carbocycles. The molecule has 1 saturated heterocycles. The largest absolute Gasteiger partial charge is 0.497 e. The minimum absolute atomic E-state index is 0.0675. The van der Waals surface area contributed by atoms with Crippen molar-refractivity contribution < 1.29 is 9.84 Å². The van der Waals surface area contributed by atoms with Crippen LogP contribution in [0.2, 0.25) is 0 Å². The summed E-state index contributed by atoms with van der Waals surface area (Å²) in [5, 5.41) is 9.08. The number of ether oxygens (including phenoxy) is 1. The third-order valence-corrected chi connectivity index (χ3v) is 2.59. The van der Waals surface area contributed by atoms with Gasteiger partial charge in [-0.15, -0.1) is 0 Å². The van der Waals surface area contributed by atoms with Gasteiger partial charge in [-0.05, 0) is 31.2 Å². The maximum absolute atomic E-state index is 9.08. The van der Waals surface area contributed by atoms with Gasteiger partial charge in [0.15, 0.2) is 0 Å². The first-order chi connectivity index (χ1) is 7.83. The second kappa shape index (κ2) is 6.35. The molecule has 1 aromatic rings. The molecule has 16 heavy (non-hydrogen) atoms. The number of nitrogens with zero attached hydrogens (tertiary/aromatic N) is 1. The number of methoxy groups -OCH3 is 1. The molecule has 0 amide bonds. The van der Waals surface area contributed by atoms with Crippen LogP contribution in [0.15, 0.2) is 18.2 Å². The van der Waals surface area contributed by atoms with Crippen molar-refractivity contribution in [3.8, 4) is 5.75 Å². The Balaban J connectivity index is 0.000000606. The van der Waals surface area contributed by atoms with Crippen molar-refractivity contribution >= 4 is 5.69 Å². The molecule has 4 nitrogen and oxygen atoms in total. The van der Waals surface area contributed by atoms with Crippen molar-refractivity contribution in [1.82, 2.24) is 0 Å². The van der Waals surface area contributed by atoms with E-state index in [1.165, 1.54) is 13.5 Å². The fourth-order valence-electron chi connectivity index (χ4n) is 1.61. The third-order valence-electron chi connectivity index (χ3n) is 2.59. The summed E-state index contributed by atoms with van der Waals surface area (Å²) >= 11 is 0. The highest BCUT2D eigenvalue weighted by atomic mass is 16.5. The van der Waals surface area contributed by atoms with Gasteiger partial charge in [-0.3, -0.25) is 0 Å². The van der Waals surface area contributed by atoms with Crippen molar-refractivity contribution in [2.24, 2.45) is 5.73 Å². The summed E-state index contributed by atoms with van der Waals surface area (Å²) in [5.41, 5.74) is 6.56. The Morgan fingerprint density at radius 1 is 1.31 bits per heavy atom. The van der Waals surface area contributed by atoms with E-state index in [2.05, 4.69) is 10.6 Å². The van der Waals surface area contributed by atoms with Gasteiger partial charge in [-0.25, -0.2) is 0 Å². The maximum atomic E-state index is 9.08. The minimum Gasteiger partial charge on any atom is -0.497 e. The summed E-state index contributed by atoms with van der Waals surface area (Å²) < 4.78 is 5.18. The quantitative estimate of drug-likeness (QED) is 0.803. The summed E-state index contributed by atoms with van der Waals surface area (Å²) in [6.07, 6.45) is 1.26. The van der Waals surface area contributed by atoms with E-state index in [-0.39, 0.29) is 6.61 Å². The van der Waals surface area contributed by atoms with Crippen LogP contribution in [0.1, 0.15) is 12.0 Å². The molecule has 0 aromatic heterocycles. The highest BCUT2D eigenvalue weighted by Crippen LogP contribution is 2.27. The molecule has 0 bridgehead atoms. The van der Waals surface area contributed by atoms with Crippen molar-refractivity contribution in [2.75, 3.05) is 32.1 Å². The lowest BCUT2D eigenvalue weighted by Crippen LogP contribution is -2.36. The molecule has 0 spiro atoms. The van der Waals surface area contributed by atoms with E-state index < -0.39 is 0 Å². The van der Waals surface area contributed by atoms with E-state index in [4.69, 9.17) is 9.84 Å². The van der Waals surface area contributed by atoms with Crippen LogP contribution in [0, 0.1) is 0 Å². The van der Waals surface area contributed by atoms with Crippen LogP contribution in [0.5, 0.6) is 5.75 Å². The second-order valence-corrected chi connectivity index (χ2v) is 3.54. The molecule has 1 aliphatic rings. The molecule has 4 heteroatoms. The standard InChI is InChI=1S/C11H15NO2.CH5N/c1-14-11-6-9(8-13)5-10(7-11)12-3-2-4-12;1-2/h5-7,13H,2-4,8H2,1H3;2H2,1H3.